The molecule has 28 heavy (non-hydrogen) atoms. The van der Waals surface area contributed by atoms with E-state index in [0.29, 0.717) is 30.5 Å². The van der Waals surface area contributed by atoms with Crippen LogP contribution in [0.4, 0.5) is 4.39 Å². The molecule has 4 nitrogen and oxygen atoms in total. The first-order valence-electron chi connectivity index (χ1n) is 11.1. The van der Waals surface area contributed by atoms with Gasteiger partial charge in [-0.05, 0) is 79.4 Å². The van der Waals surface area contributed by atoms with Crippen molar-refractivity contribution in [3.63, 3.8) is 0 Å². The average Bonchev–Trinajstić information content (AvgIpc) is 2.94. The van der Waals surface area contributed by atoms with Crippen LogP contribution >= 0.6 is 0 Å². The molecule has 1 N–H and O–H groups in total. The zero-order valence-corrected chi connectivity index (χ0v) is 17.1. The lowest BCUT2D eigenvalue weighted by molar-refractivity contribution is -0.162. The van der Waals surface area contributed by atoms with Gasteiger partial charge in [0.2, 0.25) is 0 Å². The first kappa shape index (κ1) is 20.0. The van der Waals surface area contributed by atoms with Gasteiger partial charge in [0.05, 0.1) is 0 Å². The third kappa shape index (κ3) is 2.95. The van der Waals surface area contributed by atoms with Crippen LogP contribution in [0.1, 0.15) is 78.1 Å². The Kier molecular flexibility index (Phi) is 4.95. The van der Waals surface area contributed by atoms with Gasteiger partial charge in [-0.2, -0.15) is 0 Å². The fourth-order valence-corrected chi connectivity index (χ4v) is 7.82. The molecule has 0 aliphatic heterocycles. The number of Topliss-reactive ketones (excluding diaryl/α,β-unsaturated/α-hetero) is 2. The lowest BCUT2D eigenvalue weighted by atomic mass is 9.44. The monoisotopic (exact) mass is 392 g/mol. The maximum Gasteiger partial charge on any atom is 0.303 e. The highest BCUT2D eigenvalue weighted by Crippen LogP contribution is 2.67. The highest BCUT2D eigenvalue weighted by atomic mass is 19.1. The second kappa shape index (κ2) is 6.91. The summed E-state index contributed by atoms with van der Waals surface area (Å²) in [7, 11) is 0. The van der Waals surface area contributed by atoms with Gasteiger partial charge in [-0.1, -0.05) is 13.8 Å². The van der Waals surface area contributed by atoms with Crippen molar-refractivity contribution in [1.29, 1.82) is 0 Å². The number of carboxylic acids is 1. The van der Waals surface area contributed by atoms with Crippen LogP contribution in [-0.2, 0) is 14.4 Å². The summed E-state index contributed by atoms with van der Waals surface area (Å²) in [6, 6.07) is 0. The minimum Gasteiger partial charge on any atom is -0.481 e. The van der Waals surface area contributed by atoms with Gasteiger partial charge in [0, 0.05) is 25.2 Å². The van der Waals surface area contributed by atoms with Gasteiger partial charge in [0.15, 0.2) is 12.0 Å². The highest BCUT2D eigenvalue weighted by Gasteiger charge is 2.63. The smallest absolute Gasteiger partial charge is 0.303 e. The van der Waals surface area contributed by atoms with Gasteiger partial charge >= 0.3 is 5.97 Å². The van der Waals surface area contributed by atoms with Crippen LogP contribution in [0.25, 0.3) is 0 Å². The van der Waals surface area contributed by atoms with Crippen LogP contribution in [0.3, 0.4) is 0 Å². The standard InChI is InChI=1S/C23H33FO4/c1-22-9-8-16-21(15(22)7-6-13(22)4-3-5-20(27)28)19(26)11-14-10-18(25)17(24)12-23(14,16)2/h13-17,21H,3-12H2,1-2H3,(H,27,28). The van der Waals surface area contributed by atoms with Gasteiger partial charge in [-0.25, -0.2) is 4.39 Å². The van der Waals surface area contributed by atoms with Crippen LogP contribution in [-0.4, -0.2) is 28.8 Å². The Morgan fingerprint density at radius 1 is 1.07 bits per heavy atom. The number of carboxylic acid groups (broad SMARTS) is 1. The lowest BCUT2D eigenvalue weighted by Gasteiger charge is -2.59. The molecule has 0 heterocycles. The lowest BCUT2D eigenvalue weighted by Crippen LogP contribution is -2.58. The maximum absolute atomic E-state index is 14.4. The molecule has 4 rings (SSSR count). The number of fused-ring (bicyclic) bond motifs is 5. The molecule has 5 heteroatoms. The molecule has 0 aromatic carbocycles. The minimum absolute atomic E-state index is 0.00451. The summed E-state index contributed by atoms with van der Waals surface area (Å²) >= 11 is 0. The van der Waals surface area contributed by atoms with E-state index in [0.717, 1.165) is 32.1 Å². The second-order valence-electron chi connectivity index (χ2n) is 10.6. The molecule has 0 bridgehead atoms. The molecular formula is C23H33FO4. The minimum atomic E-state index is -1.37. The molecule has 4 aliphatic rings. The van der Waals surface area contributed by atoms with E-state index in [4.69, 9.17) is 5.11 Å². The van der Waals surface area contributed by atoms with Crippen molar-refractivity contribution in [3.05, 3.63) is 0 Å². The zero-order chi connectivity index (χ0) is 20.3. The van der Waals surface area contributed by atoms with Crippen LogP contribution < -0.4 is 0 Å². The Labute approximate surface area is 166 Å². The maximum atomic E-state index is 14.4. The summed E-state index contributed by atoms with van der Waals surface area (Å²) < 4.78 is 14.4. The third-order valence-electron chi connectivity index (χ3n) is 9.43. The highest BCUT2D eigenvalue weighted by molar-refractivity contribution is 5.88. The Bertz CT molecular complexity index is 690. The molecule has 4 saturated carbocycles. The van der Waals surface area contributed by atoms with E-state index in [1.165, 1.54) is 0 Å². The number of halogens is 1. The second-order valence-corrected chi connectivity index (χ2v) is 10.6. The SMILES string of the molecule is CC12CCC3C(C(=O)CC4CC(=O)C(F)CC43C)C1CCC2CCCC(=O)O. The fourth-order valence-electron chi connectivity index (χ4n) is 7.82. The zero-order valence-electron chi connectivity index (χ0n) is 17.1. The normalized spacial score (nSPS) is 48.0. The number of aliphatic carboxylic acids is 1. The Hall–Kier alpha value is -1.26. The molecule has 4 aliphatic carbocycles. The van der Waals surface area contributed by atoms with E-state index in [-0.39, 0.29) is 53.6 Å². The van der Waals surface area contributed by atoms with Crippen molar-refractivity contribution in [2.24, 2.45) is 40.4 Å². The van der Waals surface area contributed by atoms with Gasteiger partial charge < -0.3 is 5.11 Å². The van der Waals surface area contributed by atoms with Gasteiger partial charge in [0.1, 0.15) is 5.78 Å². The number of alkyl halides is 1. The summed E-state index contributed by atoms with van der Waals surface area (Å²) in [6.07, 6.45) is 5.51. The number of rotatable bonds is 4. The van der Waals surface area contributed by atoms with Gasteiger partial charge in [0.25, 0.3) is 0 Å². The molecule has 156 valence electrons. The van der Waals surface area contributed by atoms with E-state index in [1.54, 1.807) is 0 Å². The number of hydrogen-bond acceptors (Lipinski definition) is 3. The van der Waals surface area contributed by atoms with Crippen molar-refractivity contribution in [1.82, 2.24) is 0 Å². The van der Waals surface area contributed by atoms with Crippen molar-refractivity contribution >= 4 is 17.5 Å². The van der Waals surface area contributed by atoms with Crippen LogP contribution in [0.5, 0.6) is 0 Å². The quantitative estimate of drug-likeness (QED) is 0.759. The summed E-state index contributed by atoms with van der Waals surface area (Å²) in [4.78, 5) is 36.1. The van der Waals surface area contributed by atoms with E-state index in [2.05, 4.69) is 13.8 Å². The summed E-state index contributed by atoms with van der Waals surface area (Å²) in [5.74, 6) is 0.287. The molecule has 0 radical (unpaired) electrons. The van der Waals surface area contributed by atoms with Crippen molar-refractivity contribution in [3.8, 4) is 0 Å². The third-order valence-corrected chi connectivity index (χ3v) is 9.43. The molecule has 8 unspecified atom stereocenters. The summed E-state index contributed by atoms with van der Waals surface area (Å²) in [5.41, 5.74) is -0.146. The van der Waals surface area contributed by atoms with E-state index in [1.807, 2.05) is 0 Å². The molecule has 0 aromatic rings. The predicted molar refractivity (Wildman–Crippen MR) is 102 cm³/mol. The topological polar surface area (TPSA) is 71.4 Å². The molecule has 4 fully saturated rings. The molecule has 0 amide bonds. The summed E-state index contributed by atoms with van der Waals surface area (Å²) in [5, 5.41) is 8.95. The van der Waals surface area contributed by atoms with E-state index < -0.39 is 12.1 Å². The molecule has 0 spiro atoms. The number of carbonyl (C=O) groups is 3. The fraction of sp³-hybridized carbons (Fsp3) is 0.870. The van der Waals surface area contributed by atoms with E-state index >= 15 is 0 Å². The van der Waals surface area contributed by atoms with E-state index in [9.17, 15) is 18.8 Å². The number of hydrogen-bond donors (Lipinski definition) is 1. The largest absolute Gasteiger partial charge is 0.481 e. The van der Waals surface area contributed by atoms with Crippen LogP contribution in [0.15, 0.2) is 0 Å². The molecule has 8 atom stereocenters. The Morgan fingerprint density at radius 3 is 2.46 bits per heavy atom. The molecular weight excluding hydrogens is 359 g/mol. The van der Waals surface area contributed by atoms with Crippen LogP contribution in [0, 0.1) is 40.4 Å². The van der Waals surface area contributed by atoms with Gasteiger partial charge in [-0.15, -0.1) is 0 Å². The first-order chi connectivity index (χ1) is 13.2. The average molecular weight is 393 g/mol. The first-order valence-corrected chi connectivity index (χ1v) is 11.1. The summed E-state index contributed by atoms with van der Waals surface area (Å²) in [6.45, 7) is 4.46. The van der Waals surface area contributed by atoms with Crippen LogP contribution in [0.2, 0.25) is 0 Å². The molecule has 0 aromatic heterocycles. The van der Waals surface area contributed by atoms with Crippen molar-refractivity contribution in [2.75, 3.05) is 0 Å². The van der Waals surface area contributed by atoms with Gasteiger partial charge in [-0.3, -0.25) is 14.4 Å². The van der Waals surface area contributed by atoms with Crippen molar-refractivity contribution in [2.45, 2.75) is 84.2 Å². The molecule has 0 saturated heterocycles. The predicted octanol–water partition coefficient (Wildman–Crippen LogP) is 4.60. The van der Waals surface area contributed by atoms with Crippen molar-refractivity contribution < 1.29 is 23.9 Å². The Balaban J connectivity index is 1.56. The number of ketones is 2. The Morgan fingerprint density at radius 2 is 1.75 bits per heavy atom. The number of carbonyl (C=O) groups excluding carboxylic acids is 2.